The number of rotatable bonds is 6. The maximum absolute atomic E-state index is 12.1. The summed E-state index contributed by atoms with van der Waals surface area (Å²) in [6, 6.07) is 5.30. The summed E-state index contributed by atoms with van der Waals surface area (Å²) in [5.41, 5.74) is 1.73. The van der Waals surface area contributed by atoms with E-state index < -0.39 is 0 Å². The van der Waals surface area contributed by atoms with Gasteiger partial charge in [0.2, 0.25) is 5.91 Å². The van der Waals surface area contributed by atoms with Gasteiger partial charge in [0.25, 0.3) is 0 Å². The van der Waals surface area contributed by atoms with Crippen LogP contribution in [0.1, 0.15) is 18.1 Å². The van der Waals surface area contributed by atoms with Gasteiger partial charge in [0.05, 0.1) is 17.2 Å². The van der Waals surface area contributed by atoms with Crippen LogP contribution in [0.2, 0.25) is 10.0 Å². The molecule has 1 aromatic carbocycles. The lowest BCUT2D eigenvalue weighted by molar-refractivity contribution is -0.111. The third-order valence-electron chi connectivity index (χ3n) is 3.71. The van der Waals surface area contributed by atoms with E-state index in [9.17, 15) is 4.79 Å². The molecule has 1 N–H and O–H groups in total. The fourth-order valence-corrected chi connectivity index (χ4v) is 3.24. The summed E-state index contributed by atoms with van der Waals surface area (Å²) in [4.78, 5) is 12.1. The van der Waals surface area contributed by atoms with Gasteiger partial charge < -0.3 is 5.32 Å². The molecule has 6 nitrogen and oxygen atoms in total. The summed E-state index contributed by atoms with van der Waals surface area (Å²) in [6.45, 7) is 3.23. The highest BCUT2D eigenvalue weighted by Crippen LogP contribution is 2.24. The zero-order chi connectivity index (χ0) is 19.4. The lowest BCUT2D eigenvalue weighted by Crippen LogP contribution is -2.09. The topological polar surface area (TPSA) is 64.7 Å². The van der Waals surface area contributed by atoms with Gasteiger partial charge in [-0.05, 0) is 46.6 Å². The fourth-order valence-electron chi connectivity index (χ4n) is 2.36. The summed E-state index contributed by atoms with van der Waals surface area (Å²) >= 11 is 15.5. The summed E-state index contributed by atoms with van der Waals surface area (Å²) in [7, 11) is 0. The summed E-state index contributed by atoms with van der Waals surface area (Å²) in [6.07, 6.45) is 8.49. The molecule has 0 saturated carbocycles. The first kappa shape index (κ1) is 19.7. The quantitative estimate of drug-likeness (QED) is 0.525. The van der Waals surface area contributed by atoms with Crippen molar-refractivity contribution < 1.29 is 4.79 Å². The first-order chi connectivity index (χ1) is 12.9. The Balaban J connectivity index is 1.66. The van der Waals surface area contributed by atoms with E-state index in [1.54, 1.807) is 40.0 Å². The highest BCUT2D eigenvalue weighted by molar-refractivity contribution is 9.10. The van der Waals surface area contributed by atoms with E-state index in [1.807, 2.05) is 19.2 Å². The van der Waals surface area contributed by atoms with Gasteiger partial charge in [0, 0.05) is 40.6 Å². The predicted octanol–water partition coefficient (Wildman–Crippen LogP) is 4.87. The minimum absolute atomic E-state index is 0.283. The van der Waals surface area contributed by atoms with Crippen molar-refractivity contribution in [1.29, 1.82) is 0 Å². The van der Waals surface area contributed by atoms with Crippen molar-refractivity contribution >= 4 is 56.9 Å². The number of hydrogen-bond donors (Lipinski definition) is 1. The smallest absolute Gasteiger partial charge is 0.249 e. The Morgan fingerprint density at radius 1 is 1.30 bits per heavy atom. The minimum Gasteiger partial charge on any atom is -0.305 e. The highest BCUT2D eigenvalue weighted by atomic mass is 79.9. The van der Waals surface area contributed by atoms with Gasteiger partial charge in [0.1, 0.15) is 0 Å². The molecule has 0 aliphatic rings. The second-order valence-corrected chi connectivity index (χ2v) is 7.41. The molecule has 2 aromatic heterocycles. The van der Waals surface area contributed by atoms with Crippen molar-refractivity contribution in [2.24, 2.45) is 0 Å². The first-order valence-electron chi connectivity index (χ1n) is 8.13. The van der Waals surface area contributed by atoms with Crippen molar-refractivity contribution in [1.82, 2.24) is 19.6 Å². The van der Waals surface area contributed by atoms with Crippen LogP contribution in [0.15, 0.2) is 47.3 Å². The molecule has 0 atom stereocenters. The van der Waals surface area contributed by atoms with Gasteiger partial charge in [-0.2, -0.15) is 10.2 Å². The van der Waals surface area contributed by atoms with Crippen molar-refractivity contribution in [3.05, 3.63) is 68.5 Å². The number of nitrogens with zero attached hydrogens (tertiary/aromatic N) is 4. The van der Waals surface area contributed by atoms with E-state index in [-0.39, 0.29) is 5.91 Å². The molecule has 0 saturated heterocycles. The molecule has 0 aliphatic heterocycles. The number of anilines is 1. The number of hydrogen-bond acceptors (Lipinski definition) is 3. The molecule has 2 heterocycles. The van der Waals surface area contributed by atoms with Crippen LogP contribution in [0.25, 0.3) is 6.08 Å². The second-order valence-electron chi connectivity index (χ2n) is 5.71. The molecule has 0 spiro atoms. The lowest BCUT2D eigenvalue weighted by Gasteiger charge is -2.05. The van der Waals surface area contributed by atoms with Gasteiger partial charge in [-0.15, -0.1) is 0 Å². The number of nitrogens with one attached hydrogen (secondary N) is 1. The first-order valence-corrected chi connectivity index (χ1v) is 9.68. The van der Waals surface area contributed by atoms with Crippen molar-refractivity contribution in [2.45, 2.75) is 20.0 Å². The molecule has 27 heavy (non-hydrogen) atoms. The van der Waals surface area contributed by atoms with Gasteiger partial charge in [-0.1, -0.05) is 29.3 Å². The molecule has 1 amide bonds. The van der Waals surface area contributed by atoms with E-state index >= 15 is 0 Å². The minimum atomic E-state index is -0.283. The lowest BCUT2D eigenvalue weighted by atomic mass is 10.2. The average Bonchev–Trinajstić information content (AvgIpc) is 3.22. The molecular formula is C18H16BrCl2N5O. The fraction of sp³-hybridized carbons (Fsp3) is 0.167. The van der Waals surface area contributed by atoms with Crippen LogP contribution in [0.3, 0.4) is 0 Å². The Hall–Kier alpha value is -2.09. The number of carbonyl (C=O) groups excluding carboxylic acids is 1. The molecular weight excluding hydrogens is 453 g/mol. The van der Waals surface area contributed by atoms with Crippen LogP contribution in [-0.4, -0.2) is 25.5 Å². The summed E-state index contributed by atoms with van der Waals surface area (Å²) in [5.74, 6) is 0.147. The Kier molecular flexibility index (Phi) is 6.36. The van der Waals surface area contributed by atoms with Crippen molar-refractivity contribution in [3.8, 4) is 0 Å². The monoisotopic (exact) mass is 467 g/mol. The van der Waals surface area contributed by atoms with Crippen LogP contribution in [-0.2, 0) is 17.9 Å². The third-order valence-corrected chi connectivity index (χ3v) is 4.88. The summed E-state index contributed by atoms with van der Waals surface area (Å²) in [5, 5.41) is 12.4. The molecule has 3 aromatic rings. The number of carbonyl (C=O) groups is 1. The largest absolute Gasteiger partial charge is 0.305 e. The Morgan fingerprint density at radius 3 is 2.81 bits per heavy atom. The predicted molar refractivity (Wildman–Crippen MR) is 111 cm³/mol. The molecule has 0 fully saturated rings. The van der Waals surface area contributed by atoms with E-state index in [0.717, 1.165) is 17.7 Å². The van der Waals surface area contributed by atoms with Gasteiger partial charge >= 0.3 is 0 Å². The van der Waals surface area contributed by atoms with Crippen LogP contribution >= 0.6 is 39.1 Å². The van der Waals surface area contributed by atoms with Gasteiger partial charge in [-0.25, -0.2) is 0 Å². The van der Waals surface area contributed by atoms with E-state index in [0.29, 0.717) is 26.9 Å². The molecule has 3 rings (SSSR count). The van der Waals surface area contributed by atoms with Crippen LogP contribution in [0, 0.1) is 0 Å². The van der Waals surface area contributed by atoms with Crippen molar-refractivity contribution in [3.63, 3.8) is 0 Å². The highest BCUT2D eigenvalue weighted by Gasteiger charge is 2.10. The Labute approximate surface area is 174 Å². The molecule has 9 heteroatoms. The number of aromatic nitrogens is 4. The van der Waals surface area contributed by atoms with Crippen molar-refractivity contribution in [2.75, 3.05) is 5.32 Å². The Morgan fingerprint density at radius 2 is 2.11 bits per heavy atom. The van der Waals surface area contributed by atoms with E-state index in [1.165, 1.54) is 6.08 Å². The zero-order valence-corrected chi connectivity index (χ0v) is 17.5. The second kappa shape index (κ2) is 8.73. The maximum atomic E-state index is 12.1. The number of amides is 1. The molecule has 140 valence electrons. The standard InChI is InChI=1S/C18H16BrCl2N5O/c1-2-25-9-12(8-22-25)3-6-17(27)23-18-15(19)11-26(24-18)10-13-4-5-14(20)7-16(13)21/h3-9,11H,2,10H2,1H3,(H,23,24,27)/b6-3+. The zero-order valence-electron chi connectivity index (χ0n) is 14.4. The number of halogens is 3. The normalized spacial score (nSPS) is 11.3. The SMILES string of the molecule is CCn1cc(/C=C/C(=O)Nc2nn(Cc3ccc(Cl)cc3Cl)cc2Br)cn1. The summed E-state index contributed by atoms with van der Waals surface area (Å²) < 4.78 is 4.15. The Bertz CT molecular complexity index is 996. The number of aryl methyl sites for hydroxylation is 1. The molecule has 0 aliphatic carbocycles. The molecule has 0 bridgehead atoms. The van der Waals surface area contributed by atoms with Gasteiger partial charge in [-0.3, -0.25) is 14.2 Å². The van der Waals surface area contributed by atoms with Gasteiger partial charge in [0.15, 0.2) is 5.82 Å². The molecule has 0 radical (unpaired) electrons. The third kappa shape index (κ3) is 5.22. The molecule has 0 unspecified atom stereocenters. The average molecular weight is 469 g/mol. The van der Waals surface area contributed by atoms with Crippen LogP contribution in [0.4, 0.5) is 5.82 Å². The van der Waals surface area contributed by atoms with E-state index in [4.69, 9.17) is 23.2 Å². The van der Waals surface area contributed by atoms with Crippen LogP contribution < -0.4 is 5.32 Å². The van der Waals surface area contributed by atoms with E-state index in [2.05, 4.69) is 31.4 Å². The number of benzene rings is 1. The van der Waals surface area contributed by atoms with Crippen LogP contribution in [0.5, 0.6) is 0 Å². The maximum Gasteiger partial charge on any atom is 0.249 e.